The summed E-state index contributed by atoms with van der Waals surface area (Å²) in [5.41, 5.74) is 9.36. The second-order valence-electron chi connectivity index (χ2n) is 6.97. The molecule has 2 N–H and O–H groups in total. The van der Waals surface area contributed by atoms with Crippen LogP contribution >= 0.6 is 33.9 Å². The van der Waals surface area contributed by atoms with Gasteiger partial charge in [-0.15, -0.1) is 0 Å². The molecule has 0 spiro atoms. The number of thiazole rings is 1. The van der Waals surface area contributed by atoms with Crippen molar-refractivity contribution in [1.82, 2.24) is 4.98 Å². The van der Waals surface area contributed by atoms with E-state index in [-0.39, 0.29) is 5.92 Å². The van der Waals surface area contributed by atoms with Gasteiger partial charge in [0.25, 0.3) is 0 Å². The minimum absolute atomic E-state index is 0.0981. The third-order valence-corrected chi connectivity index (χ3v) is 8.13. The molecule has 10 heteroatoms. The van der Waals surface area contributed by atoms with Crippen LogP contribution in [0.2, 0.25) is 0 Å². The molecule has 31 heavy (non-hydrogen) atoms. The lowest BCUT2D eigenvalue weighted by Crippen LogP contribution is -2.25. The molecule has 2 aromatic carbocycles. The van der Waals surface area contributed by atoms with Crippen LogP contribution in [0.3, 0.4) is 0 Å². The van der Waals surface area contributed by atoms with Gasteiger partial charge in [-0.2, -0.15) is 0 Å². The number of methoxy groups -OCH3 is 2. The number of nitrogen functional groups attached to an aromatic ring is 1. The highest BCUT2D eigenvalue weighted by Gasteiger charge is 2.24. The summed E-state index contributed by atoms with van der Waals surface area (Å²) in [6.07, 6.45) is 1.73. The lowest BCUT2D eigenvalue weighted by Gasteiger charge is -2.22. The van der Waals surface area contributed by atoms with Gasteiger partial charge in [0.05, 0.1) is 34.7 Å². The zero-order valence-electron chi connectivity index (χ0n) is 17.6. The summed E-state index contributed by atoms with van der Waals surface area (Å²) in [5.74, 6) is 1.35. The first-order chi connectivity index (χ1) is 14.6. The Balaban J connectivity index is 2.09. The molecule has 0 bridgehead atoms. The highest BCUT2D eigenvalue weighted by molar-refractivity contribution is 14.1. The molecule has 1 atom stereocenters. The van der Waals surface area contributed by atoms with Gasteiger partial charge in [0.15, 0.2) is 5.13 Å². The molecule has 3 rings (SSSR count). The average Bonchev–Trinajstić information content (AvgIpc) is 3.08. The third kappa shape index (κ3) is 5.42. The van der Waals surface area contributed by atoms with Crippen LogP contribution in [-0.4, -0.2) is 40.9 Å². The van der Waals surface area contributed by atoms with Gasteiger partial charge in [-0.25, -0.2) is 13.4 Å². The van der Waals surface area contributed by atoms with E-state index >= 15 is 0 Å². The Bertz CT molecular complexity index is 1160. The Morgan fingerprint density at radius 2 is 1.84 bits per heavy atom. The maximum absolute atomic E-state index is 12.0. The maximum atomic E-state index is 12.0. The van der Waals surface area contributed by atoms with E-state index in [4.69, 9.17) is 15.2 Å². The fourth-order valence-electron chi connectivity index (χ4n) is 3.28. The normalized spacial score (nSPS) is 12.4. The molecular weight excluding hydrogens is 549 g/mol. The van der Waals surface area contributed by atoms with E-state index in [0.29, 0.717) is 23.0 Å². The number of aromatic nitrogens is 1. The summed E-state index contributed by atoms with van der Waals surface area (Å²) in [7, 11) is 1.38. The standard InChI is InChI=1S/C21H24IN3O4S2/c1-25(31(4,26)27)15-7-10-18(29-3)14(11-15)12-17(19-20(22)30-21(23)24-19)13-5-8-16(28-2)9-6-13/h5-11,17H,12H2,1-4H3,(H2,23,24). The van der Waals surface area contributed by atoms with Crippen molar-refractivity contribution in [3.63, 3.8) is 0 Å². The lowest BCUT2D eigenvalue weighted by atomic mass is 9.89. The molecule has 0 aliphatic heterocycles. The van der Waals surface area contributed by atoms with E-state index in [2.05, 4.69) is 27.6 Å². The van der Waals surface area contributed by atoms with Crippen LogP contribution < -0.4 is 19.5 Å². The molecule has 1 aromatic heterocycles. The quantitative estimate of drug-likeness (QED) is 0.408. The number of hydrogen-bond acceptors (Lipinski definition) is 7. The zero-order chi connectivity index (χ0) is 22.8. The van der Waals surface area contributed by atoms with Crippen LogP contribution in [0.15, 0.2) is 42.5 Å². The topological polar surface area (TPSA) is 94.8 Å². The first-order valence-electron chi connectivity index (χ1n) is 9.30. The van der Waals surface area contributed by atoms with Crippen LogP contribution in [0.1, 0.15) is 22.7 Å². The summed E-state index contributed by atoms with van der Waals surface area (Å²) < 4.78 is 37.2. The van der Waals surface area contributed by atoms with E-state index in [1.54, 1.807) is 26.4 Å². The van der Waals surface area contributed by atoms with Crippen molar-refractivity contribution >= 4 is 54.8 Å². The molecule has 0 radical (unpaired) electrons. The fourth-order valence-corrected chi connectivity index (χ4v) is 5.57. The van der Waals surface area contributed by atoms with Gasteiger partial charge in [0, 0.05) is 13.0 Å². The molecule has 0 saturated carbocycles. The Morgan fingerprint density at radius 1 is 1.16 bits per heavy atom. The van der Waals surface area contributed by atoms with Crippen molar-refractivity contribution in [2.24, 2.45) is 0 Å². The van der Waals surface area contributed by atoms with Gasteiger partial charge >= 0.3 is 0 Å². The monoisotopic (exact) mass is 573 g/mol. The van der Waals surface area contributed by atoms with Gasteiger partial charge in [-0.05, 0) is 70.5 Å². The van der Waals surface area contributed by atoms with Crippen LogP contribution in [0.4, 0.5) is 10.8 Å². The number of rotatable bonds is 8. The molecule has 0 amide bonds. The number of nitrogens with zero attached hydrogens (tertiary/aromatic N) is 2. The lowest BCUT2D eigenvalue weighted by molar-refractivity contribution is 0.408. The first kappa shape index (κ1) is 23.6. The summed E-state index contributed by atoms with van der Waals surface area (Å²) in [5, 5.41) is 0.510. The number of hydrogen-bond donors (Lipinski definition) is 1. The zero-order valence-corrected chi connectivity index (χ0v) is 21.4. The van der Waals surface area contributed by atoms with Crippen molar-refractivity contribution in [3.8, 4) is 11.5 Å². The van der Waals surface area contributed by atoms with E-state index in [1.165, 1.54) is 28.9 Å². The van der Waals surface area contributed by atoms with Gasteiger partial charge in [-0.1, -0.05) is 23.5 Å². The predicted molar refractivity (Wildman–Crippen MR) is 134 cm³/mol. The molecule has 0 aliphatic carbocycles. The van der Waals surface area contributed by atoms with Gasteiger partial charge < -0.3 is 15.2 Å². The fraction of sp³-hybridized carbons (Fsp3) is 0.286. The minimum atomic E-state index is -3.39. The van der Waals surface area contributed by atoms with Gasteiger partial charge in [0.2, 0.25) is 10.0 Å². The average molecular weight is 573 g/mol. The van der Waals surface area contributed by atoms with Crippen molar-refractivity contribution < 1.29 is 17.9 Å². The van der Waals surface area contributed by atoms with Crippen LogP contribution in [0.25, 0.3) is 0 Å². The van der Waals surface area contributed by atoms with Crippen LogP contribution in [-0.2, 0) is 16.4 Å². The van der Waals surface area contributed by atoms with Crippen molar-refractivity contribution in [2.75, 3.05) is 37.6 Å². The highest BCUT2D eigenvalue weighted by Crippen LogP contribution is 2.38. The molecule has 1 unspecified atom stereocenters. The first-order valence-corrected chi connectivity index (χ1v) is 13.0. The molecule has 0 aliphatic rings. The molecule has 0 fully saturated rings. The Labute approximate surface area is 200 Å². The van der Waals surface area contributed by atoms with Crippen molar-refractivity contribution in [2.45, 2.75) is 12.3 Å². The number of halogens is 1. The summed E-state index contributed by atoms with van der Waals surface area (Å²) >= 11 is 3.70. The second-order valence-corrected chi connectivity index (χ2v) is 11.8. The van der Waals surface area contributed by atoms with Crippen molar-refractivity contribution in [3.05, 3.63) is 62.2 Å². The van der Waals surface area contributed by atoms with Crippen molar-refractivity contribution in [1.29, 1.82) is 0 Å². The van der Waals surface area contributed by atoms with E-state index in [9.17, 15) is 8.42 Å². The molecule has 3 aromatic rings. The van der Waals surface area contributed by atoms with Crippen LogP contribution in [0, 0.1) is 2.88 Å². The summed E-state index contributed by atoms with van der Waals surface area (Å²) in [4.78, 5) is 4.59. The number of ether oxygens (including phenoxy) is 2. The second kappa shape index (κ2) is 9.61. The number of benzene rings is 2. The smallest absolute Gasteiger partial charge is 0.231 e. The van der Waals surface area contributed by atoms with E-state index < -0.39 is 10.0 Å². The number of anilines is 2. The van der Waals surface area contributed by atoms with E-state index in [0.717, 1.165) is 25.5 Å². The molecule has 166 valence electrons. The van der Waals surface area contributed by atoms with Gasteiger partial charge in [0.1, 0.15) is 11.5 Å². The Kier molecular flexibility index (Phi) is 7.32. The maximum Gasteiger partial charge on any atom is 0.231 e. The molecule has 1 heterocycles. The number of nitrogens with two attached hydrogens (primary N) is 1. The van der Waals surface area contributed by atoms with Crippen LogP contribution in [0.5, 0.6) is 11.5 Å². The predicted octanol–water partition coefficient (Wildman–Crippen LogP) is 4.12. The highest BCUT2D eigenvalue weighted by atomic mass is 127. The molecule has 0 saturated heterocycles. The van der Waals surface area contributed by atoms with Gasteiger partial charge in [-0.3, -0.25) is 4.31 Å². The summed E-state index contributed by atoms with van der Waals surface area (Å²) in [6.45, 7) is 0. The minimum Gasteiger partial charge on any atom is -0.497 e. The third-order valence-electron chi connectivity index (χ3n) is 5.02. The van der Waals surface area contributed by atoms with E-state index in [1.807, 2.05) is 30.3 Å². The molecular formula is C21H24IN3O4S2. The molecule has 7 nitrogen and oxygen atoms in total. The number of sulfonamides is 1. The largest absolute Gasteiger partial charge is 0.497 e. The SMILES string of the molecule is COc1ccc(C(Cc2cc(N(C)S(C)(=O)=O)ccc2OC)c2nc(N)sc2I)cc1. The summed E-state index contributed by atoms with van der Waals surface area (Å²) in [6, 6.07) is 13.2. The Morgan fingerprint density at radius 3 is 2.35 bits per heavy atom. The Hall–Kier alpha value is -2.05.